The van der Waals surface area contributed by atoms with Crippen LogP contribution in [0.4, 0.5) is 0 Å². The lowest BCUT2D eigenvalue weighted by Gasteiger charge is -2.16. The summed E-state index contributed by atoms with van der Waals surface area (Å²) < 4.78 is 0. The van der Waals surface area contributed by atoms with Crippen LogP contribution in [-0.4, -0.2) is 18.9 Å². The van der Waals surface area contributed by atoms with Gasteiger partial charge in [-0.1, -0.05) is 6.92 Å². The third-order valence-corrected chi connectivity index (χ3v) is 2.97. The Balaban J connectivity index is 1.91. The number of nitrogens with two attached hydrogens (primary N) is 1. The fourth-order valence-corrected chi connectivity index (χ4v) is 2.05. The van der Waals surface area contributed by atoms with E-state index in [1.807, 2.05) is 11.6 Å². The van der Waals surface area contributed by atoms with Crippen LogP contribution in [0.15, 0.2) is 29.0 Å². The van der Waals surface area contributed by atoms with E-state index < -0.39 is 0 Å². The SMILES string of the molecule is C[C@@H](CC1=C[NH2+]NC=C1)C1=NCCCCN1. The highest BCUT2D eigenvalue weighted by atomic mass is 15.3. The van der Waals surface area contributed by atoms with Gasteiger partial charge in [-0.05, 0) is 25.3 Å². The predicted molar refractivity (Wildman–Crippen MR) is 65.6 cm³/mol. The maximum atomic E-state index is 4.62. The van der Waals surface area contributed by atoms with Gasteiger partial charge >= 0.3 is 0 Å². The van der Waals surface area contributed by atoms with Crippen molar-refractivity contribution >= 4 is 5.84 Å². The second kappa shape index (κ2) is 5.70. The van der Waals surface area contributed by atoms with Crippen LogP contribution < -0.4 is 16.2 Å². The van der Waals surface area contributed by atoms with Crippen molar-refractivity contribution in [2.24, 2.45) is 10.9 Å². The summed E-state index contributed by atoms with van der Waals surface area (Å²) in [5, 5.41) is 3.44. The molecule has 0 aromatic heterocycles. The molecule has 0 amide bonds. The van der Waals surface area contributed by atoms with Crippen molar-refractivity contribution in [2.75, 3.05) is 13.1 Å². The van der Waals surface area contributed by atoms with Gasteiger partial charge in [0, 0.05) is 30.8 Å². The Morgan fingerprint density at radius 3 is 3.25 bits per heavy atom. The summed E-state index contributed by atoms with van der Waals surface area (Å²) >= 11 is 0. The lowest BCUT2D eigenvalue weighted by atomic mass is 10.00. The maximum absolute atomic E-state index is 4.62. The van der Waals surface area contributed by atoms with E-state index in [1.54, 1.807) is 0 Å². The average molecular weight is 221 g/mol. The van der Waals surface area contributed by atoms with Gasteiger partial charge in [0.05, 0.1) is 5.84 Å². The van der Waals surface area contributed by atoms with Crippen molar-refractivity contribution in [3.63, 3.8) is 0 Å². The zero-order valence-electron chi connectivity index (χ0n) is 9.87. The quantitative estimate of drug-likeness (QED) is 0.599. The fourth-order valence-electron chi connectivity index (χ4n) is 2.05. The van der Waals surface area contributed by atoms with Crippen LogP contribution in [0.5, 0.6) is 0 Å². The largest absolute Gasteiger partial charge is 0.374 e. The molecule has 2 heterocycles. The van der Waals surface area contributed by atoms with Gasteiger partial charge < -0.3 is 5.32 Å². The number of allylic oxidation sites excluding steroid dienone is 2. The lowest BCUT2D eigenvalue weighted by molar-refractivity contribution is -0.640. The van der Waals surface area contributed by atoms with Gasteiger partial charge in [0.15, 0.2) is 0 Å². The summed E-state index contributed by atoms with van der Waals surface area (Å²) in [6.45, 7) is 4.30. The Hall–Kier alpha value is -1.29. The molecule has 4 N–H and O–H groups in total. The summed E-state index contributed by atoms with van der Waals surface area (Å²) in [4.78, 5) is 4.62. The highest BCUT2D eigenvalue weighted by Gasteiger charge is 2.14. The number of quaternary nitrogens is 1. The van der Waals surface area contributed by atoms with Crippen LogP contribution >= 0.6 is 0 Å². The summed E-state index contributed by atoms with van der Waals surface area (Å²) in [6, 6.07) is 0. The lowest BCUT2D eigenvalue weighted by Crippen LogP contribution is -2.87. The fraction of sp³-hybridized carbons (Fsp3) is 0.583. The second-order valence-corrected chi connectivity index (χ2v) is 4.41. The first kappa shape index (κ1) is 11.2. The molecule has 0 spiro atoms. The van der Waals surface area contributed by atoms with Gasteiger partial charge in [-0.25, -0.2) is 10.9 Å². The standard InChI is InChI=1S/C12H20N4/c1-10(8-11-4-7-15-16-9-11)12-13-5-2-3-6-14-12/h4,7,9-10,15-16H,2-3,5-6,8H2,1H3,(H,13,14)/p+1/t10-/m0/s1. The van der Waals surface area contributed by atoms with E-state index in [4.69, 9.17) is 0 Å². The molecule has 0 aromatic rings. The van der Waals surface area contributed by atoms with Crippen molar-refractivity contribution in [1.29, 1.82) is 0 Å². The molecule has 0 fully saturated rings. The van der Waals surface area contributed by atoms with E-state index in [9.17, 15) is 0 Å². The molecular formula is C12H21N4+. The molecule has 1 atom stereocenters. The zero-order chi connectivity index (χ0) is 11.2. The Morgan fingerprint density at radius 2 is 2.44 bits per heavy atom. The number of nitrogens with one attached hydrogen (secondary N) is 2. The smallest absolute Gasteiger partial charge is 0.120 e. The highest BCUT2D eigenvalue weighted by Crippen LogP contribution is 2.14. The van der Waals surface area contributed by atoms with Crippen LogP contribution in [0.2, 0.25) is 0 Å². The zero-order valence-corrected chi connectivity index (χ0v) is 9.87. The molecule has 0 aliphatic carbocycles. The van der Waals surface area contributed by atoms with E-state index in [0.717, 1.165) is 19.5 Å². The minimum Gasteiger partial charge on any atom is -0.374 e. The molecule has 0 saturated heterocycles. The number of nitrogens with zero attached hydrogens (tertiary/aromatic N) is 1. The third-order valence-electron chi connectivity index (χ3n) is 2.97. The summed E-state index contributed by atoms with van der Waals surface area (Å²) in [6.07, 6.45) is 9.75. The average Bonchev–Trinajstić information content (AvgIpc) is 2.59. The van der Waals surface area contributed by atoms with Crippen molar-refractivity contribution < 1.29 is 5.43 Å². The van der Waals surface area contributed by atoms with Gasteiger partial charge in [0.1, 0.15) is 6.20 Å². The first-order valence-corrected chi connectivity index (χ1v) is 6.09. The van der Waals surface area contributed by atoms with Gasteiger partial charge in [0.25, 0.3) is 0 Å². The summed E-state index contributed by atoms with van der Waals surface area (Å²) in [7, 11) is 0. The third kappa shape index (κ3) is 3.10. The summed E-state index contributed by atoms with van der Waals surface area (Å²) in [5.74, 6) is 1.67. The molecule has 4 heteroatoms. The van der Waals surface area contributed by atoms with Crippen LogP contribution in [0.1, 0.15) is 26.2 Å². The molecule has 0 bridgehead atoms. The Kier molecular flexibility index (Phi) is 3.99. The van der Waals surface area contributed by atoms with Gasteiger partial charge in [-0.15, -0.1) is 0 Å². The summed E-state index contributed by atoms with van der Waals surface area (Å²) in [5.41, 5.74) is 6.39. The van der Waals surface area contributed by atoms with Crippen molar-refractivity contribution in [3.05, 3.63) is 24.0 Å². The second-order valence-electron chi connectivity index (χ2n) is 4.41. The first-order valence-electron chi connectivity index (χ1n) is 6.09. The molecule has 0 saturated carbocycles. The van der Waals surface area contributed by atoms with E-state index in [1.165, 1.54) is 24.3 Å². The minimum atomic E-state index is 0.487. The monoisotopic (exact) mass is 221 g/mol. The van der Waals surface area contributed by atoms with Crippen LogP contribution in [0.25, 0.3) is 0 Å². The Labute approximate surface area is 96.9 Å². The van der Waals surface area contributed by atoms with Crippen molar-refractivity contribution in [3.8, 4) is 0 Å². The Morgan fingerprint density at radius 1 is 1.50 bits per heavy atom. The number of aliphatic imine (C=N–C) groups is 1. The van der Waals surface area contributed by atoms with Crippen molar-refractivity contribution in [2.45, 2.75) is 26.2 Å². The molecule has 2 rings (SSSR count). The van der Waals surface area contributed by atoms with Crippen LogP contribution in [0.3, 0.4) is 0 Å². The first-order chi connectivity index (χ1) is 7.86. The molecule has 88 valence electrons. The number of amidine groups is 1. The minimum absolute atomic E-state index is 0.487. The van der Waals surface area contributed by atoms with Crippen molar-refractivity contribution in [1.82, 2.24) is 10.7 Å². The molecule has 4 nitrogen and oxygen atoms in total. The van der Waals surface area contributed by atoms with Gasteiger partial charge in [-0.3, -0.25) is 4.99 Å². The van der Waals surface area contributed by atoms with E-state index in [0.29, 0.717) is 5.92 Å². The molecule has 2 aliphatic heterocycles. The van der Waals surface area contributed by atoms with E-state index >= 15 is 0 Å². The van der Waals surface area contributed by atoms with Crippen LogP contribution in [0, 0.1) is 5.92 Å². The number of hydrogen-bond donors (Lipinski definition) is 3. The normalized spacial score (nSPS) is 22.3. The molecule has 0 aromatic carbocycles. The maximum Gasteiger partial charge on any atom is 0.120 e. The molecule has 0 unspecified atom stereocenters. The Bertz CT molecular complexity index is 317. The number of hydrogen-bond acceptors (Lipinski definition) is 3. The van der Waals surface area contributed by atoms with Crippen LogP contribution in [-0.2, 0) is 0 Å². The molecular weight excluding hydrogens is 200 g/mol. The highest BCUT2D eigenvalue weighted by molar-refractivity contribution is 5.84. The predicted octanol–water partition coefficient (Wildman–Crippen LogP) is 0.274. The topological polar surface area (TPSA) is 53.0 Å². The molecule has 2 aliphatic rings. The van der Waals surface area contributed by atoms with Gasteiger partial charge in [-0.2, -0.15) is 0 Å². The van der Waals surface area contributed by atoms with Gasteiger partial charge in [0.2, 0.25) is 0 Å². The number of rotatable bonds is 3. The van der Waals surface area contributed by atoms with E-state index in [-0.39, 0.29) is 0 Å². The van der Waals surface area contributed by atoms with E-state index in [2.05, 4.69) is 34.9 Å². The molecule has 0 radical (unpaired) electrons. The molecule has 16 heavy (non-hydrogen) atoms.